The number of carbonyl (C=O) groups excluding carboxylic acids is 1. The summed E-state index contributed by atoms with van der Waals surface area (Å²) in [6.45, 7) is 2.07. The number of aromatic nitrogens is 2. The van der Waals surface area contributed by atoms with Gasteiger partial charge in [0.05, 0.1) is 25.0 Å². The van der Waals surface area contributed by atoms with Crippen LogP contribution < -0.4 is 20.5 Å². The highest BCUT2D eigenvalue weighted by Gasteiger charge is 2.23. The zero-order chi connectivity index (χ0) is 26.6. The molecule has 0 spiro atoms. The van der Waals surface area contributed by atoms with Gasteiger partial charge in [-0.15, -0.1) is 11.3 Å². The van der Waals surface area contributed by atoms with Crippen LogP contribution in [0.2, 0.25) is 0 Å². The van der Waals surface area contributed by atoms with Crippen LogP contribution in [0.25, 0.3) is 10.2 Å². The number of ether oxygens (including phenoxy) is 2. The third-order valence-corrected chi connectivity index (χ3v) is 8.31. The number of thiophene rings is 1. The molecular weight excluding hydrogens is 568 g/mol. The van der Waals surface area contributed by atoms with Gasteiger partial charge in [0.15, 0.2) is 11.5 Å². The fourth-order valence-corrected chi connectivity index (χ4v) is 5.93. The van der Waals surface area contributed by atoms with Gasteiger partial charge < -0.3 is 9.47 Å². The summed E-state index contributed by atoms with van der Waals surface area (Å²) in [6.07, 6.45) is 7.06. The predicted molar refractivity (Wildman–Crippen MR) is 152 cm³/mol. The Balaban J connectivity index is 1.25. The summed E-state index contributed by atoms with van der Waals surface area (Å²) in [7, 11) is 1.57. The topological polar surface area (TPSA) is 94.8 Å². The van der Waals surface area contributed by atoms with Gasteiger partial charge in [-0.2, -0.15) is 5.10 Å². The first-order valence-corrected chi connectivity index (χ1v) is 13.9. The first kappa shape index (κ1) is 26.1. The minimum Gasteiger partial charge on any atom is -0.493 e. The van der Waals surface area contributed by atoms with Crippen molar-refractivity contribution in [2.24, 2.45) is 5.10 Å². The van der Waals surface area contributed by atoms with E-state index < -0.39 is 11.9 Å². The fourth-order valence-electron chi connectivity index (χ4n) is 4.45. The number of methoxy groups -OCH3 is 1. The largest absolute Gasteiger partial charge is 0.493 e. The normalized spacial score (nSPS) is 13.9. The Kier molecular flexibility index (Phi) is 7.90. The van der Waals surface area contributed by atoms with Crippen molar-refractivity contribution in [3.8, 4) is 11.5 Å². The molecule has 2 aromatic carbocycles. The molecule has 1 amide bonds. The number of hydrazone groups is 1. The number of hydrogen-bond donors (Lipinski definition) is 1. The number of aryl methyl sites for hydroxylation is 2. The minimum atomic E-state index is -0.764. The number of hydrogen-bond acceptors (Lipinski definition) is 7. The Morgan fingerprint density at radius 3 is 2.79 bits per heavy atom. The number of benzene rings is 2. The molecule has 0 saturated heterocycles. The van der Waals surface area contributed by atoms with Crippen LogP contribution in [0.3, 0.4) is 0 Å². The van der Waals surface area contributed by atoms with Crippen molar-refractivity contribution in [3.05, 3.63) is 85.2 Å². The molecule has 1 N–H and O–H groups in total. The first-order chi connectivity index (χ1) is 18.4. The van der Waals surface area contributed by atoms with Crippen molar-refractivity contribution in [1.29, 1.82) is 0 Å². The molecule has 0 fully saturated rings. The summed E-state index contributed by atoms with van der Waals surface area (Å²) >= 11 is 5.02. The summed E-state index contributed by atoms with van der Waals surface area (Å²) in [5, 5.41) is 4.75. The van der Waals surface area contributed by atoms with Gasteiger partial charge in [0.1, 0.15) is 17.5 Å². The lowest BCUT2D eigenvalue weighted by molar-refractivity contribution is -0.123. The third-order valence-electron chi connectivity index (χ3n) is 6.58. The molecule has 0 aliphatic heterocycles. The second kappa shape index (κ2) is 11.5. The lowest BCUT2D eigenvalue weighted by atomic mass is 9.97. The highest BCUT2D eigenvalue weighted by atomic mass is 79.9. The van der Waals surface area contributed by atoms with Crippen molar-refractivity contribution in [2.75, 3.05) is 7.11 Å². The van der Waals surface area contributed by atoms with Gasteiger partial charge in [0.2, 0.25) is 0 Å². The average Bonchev–Trinajstić information content (AvgIpc) is 3.32. The molecule has 0 radical (unpaired) electrons. The molecule has 0 saturated carbocycles. The SMILES string of the molecule is COc1cc(/C=N/NC(=O)C(C)n2cnc3sc4c(c3c2=O)CCCC4)ccc1OCc1ccc(Br)cc1. The summed E-state index contributed by atoms with van der Waals surface area (Å²) in [5.41, 5.74) is 5.21. The van der Waals surface area contributed by atoms with E-state index in [1.165, 1.54) is 22.0 Å². The monoisotopic (exact) mass is 594 g/mol. The molecule has 2 aromatic heterocycles. The van der Waals surface area contributed by atoms with Gasteiger partial charge in [-0.25, -0.2) is 10.4 Å². The summed E-state index contributed by atoms with van der Waals surface area (Å²) < 4.78 is 13.8. The fraction of sp³-hybridized carbons (Fsp3) is 0.286. The molecule has 1 aliphatic carbocycles. The van der Waals surface area contributed by atoms with Crippen LogP contribution in [-0.2, 0) is 24.2 Å². The number of amides is 1. The van der Waals surface area contributed by atoms with Gasteiger partial charge in [-0.3, -0.25) is 14.2 Å². The minimum absolute atomic E-state index is 0.176. The van der Waals surface area contributed by atoms with Gasteiger partial charge in [-0.1, -0.05) is 28.1 Å². The maximum Gasteiger partial charge on any atom is 0.263 e. The van der Waals surface area contributed by atoms with Crippen LogP contribution in [0.4, 0.5) is 0 Å². The van der Waals surface area contributed by atoms with Crippen LogP contribution in [0, 0.1) is 0 Å². The molecule has 1 aliphatic rings. The van der Waals surface area contributed by atoms with Gasteiger partial charge in [0, 0.05) is 9.35 Å². The van der Waals surface area contributed by atoms with Gasteiger partial charge in [0.25, 0.3) is 11.5 Å². The van der Waals surface area contributed by atoms with E-state index in [0.29, 0.717) is 23.5 Å². The number of fused-ring (bicyclic) bond motifs is 3. The molecule has 38 heavy (non-hydrogen) atoms. The number of rotatable bonds is 8. The highest BCUT2D eigenvalue weighted by Crippen LogP contribution is 2.33. The van der Waals surface area contributed by atoms with E-state index in [9.17, 15) is 9.59 Å². The number of nitrogens with zero attached hydrogens (tertiary/aromatic N) is 3. The van der Waals surface area contributed by atoms with Crippen molar-refractivity contribution < 1.29 is 14.3 Å². The standard InChI is InChI=1S/C28H27BrN4O4S/c1-17(33-16-30-27-25(28(33)35)21-5-3-4-6-24(21)38-27)26(34)32-31-14-19-9-12-22(23(13-19)36-2)37-15-18-7-10-20(29)11-8-18/h7-14,16-17H,3-6,15H2,1-2H3,(H,32,34)/b31-14+. The molecule has 196 valence electrons. The molecule has 1 unspecified atom stereocenters. The lowest BCUT2D eigenvalue weighted by Gasteiger charge is -2.14. The smallest absolute Gasteiger partial charge is 0.263 e. The molecule has 10 heteroatoms. The average molecular weight is 596 g/mol. The Hall–Kier alpha value is -3.50. The van der Waals surface area contributed by atoms with E-state index in [1.807, 2.05) is 30.3 Å². The molecule has 1 atom stereocenters. The molecule has 8 nitrogen and oxygen atoms in total. The van der Waals surface area contributed by atoms with E-state index in [0.717, 1.165) is 51.7 Å². The molecule has 2 heterocycles. The maximum absolute atomic E-state index is 13.2. The van der Waals surface area contributed by atoms with Gasteiger partial charge in [-0.05, 0) is 79.6 Å². The van der Waals surface area contributed by atoms with E-state index >= 15 is 0 Å². The maximum atomic E-state index is 13.2. The predicted octanol–water partition coefficient (Wildman–Crippen LogP) is 5.40. The van der Waals surface area contributed by atoms with Gasteiger partial charge >= 0.3 is 0 Å². The summed E-state index contributed by atoms with van der Waals surface area (Å²) in [5.74, 6) is 0.744. The molecule has 5 rings (SSSR count). The van der Waals surface area contributed by atoms with E-state index in [-0.39, 0.29) is 5.56 Å². The number of carbonyl (C=O) groups is 1. The van der Waals surface area contributed by atoms with Crippen LogP contribution in [0.5, 0.6) is 11.5 Å². The summed E-state index contributed by atoms with van der Waals surface area (Å²) in [6, 6.07) is 12.5. The first-order valence-electron chi connectivity index (χ1n) is 12.3. The van der Waals surface area contributed by atoms with Crippen molar-refractivity contribution in [3.63, 3.8) is 0 Å². The Morgan fingerprint density at radius 2 is 2.00 bits per heavy atom. The van der Waals surface area contributed by atoms with E-state index in [2.05, 4.69) is 31.4 Å². The molecule has 4 aromatic rings. The Labute approximate surface area is 232 Å². The van der Waals surface area contributed by atoms with E-state index in [1.54, 1.807) is 37.5 Å². The highest BCUT2D eigenvalue weighted by molar-refractivity contribution is 9.10. The van der Waals surface area contributed by atoms with Crippen molar-refractivity contribution in [2.45, 2.75) is 45.3 Å². The zero-order valence-electron chi connectivity index (χ0n) is 21.1. The quantitative estimate of drug-likeness (QED) is 0.218. The van der Waals surface area contributed by atoms with Crippen LogP contribution in [-0.4, -0.2) is 28.8 Å². The van der Waals surface area contributed by atoms with Crippen LogP contribution in [0.1, 0.15) is 47.4 Å². The van der Waals surface area contributed by atoms with E-state index in [4.69, 9.17) is 9.47 Å². The second-order valence-electron chi connectivity index (χ2n) is 9.08. The zero-order valence-corrected chi connectivity index (χ0v) is 23.5. The molecular formula is C28H27BrN4O4S. The van der Waals surface area contributed by atoms with Crippen molar-refractivity contribution in [1.82, 2.24) is 15.0 Å². The van der Waals surface area contributed by atoms with Crippen LogP contribution in [0.15, 0.2) is 63.2 Å². The number of halogens is 1. The summed E-state index contributed by atoms with van der Waals surface area (Å²) in [4.78, 5) is 32.5. The Bertz CT molecular complexity index is 1560. The second-order valence-corrected chi connectivity index (χ2v) is 11.1. The van der Waals surface area contributed by atoms with Crippen molar-refractivity contribution >= 4 is 49.6 Å². The number of nitrogens with one attached hydrogen (secondary N) is 1. The lowest BCUT2D eigenvalue weighted by Crippen LogP contribution is -2.34. The third kappa shape index (κ3) is 5.51. The van der Waals surface area contributed by atoms with Crippen LogP contribution >= 0.6 is 27.3 Å². The Morgan fingerprint density at radius 1 is 1.21 bits per heavy atom. The molecule has 0 bridgehead atoms.